The third-order valence-electron chi connectivity index (χ3n) is 3.38. The molecule has 9 nitrogen and oxygen atoms in total. The van der Waals surface area contributed by atoms with Crippen LogP contribution in [0.4, 0.5) is 10.5 Å². The molecule has 26 heavy (non-hydrogen) atoms. The van der Waals surface area contributed by atoms with Gasteiger partial charge in [0.15, 0.2) is 0 Å². The molecule has 1 aromatic carbocycles. The summed E-state index contributed by atoms with van der Waals surface area (Å²) in [6.45, 7) is 2.05. The van der Waals surface area contributed by atoms with E-state index in [9.17, 15) is 9.59 Å². The lowest BCUT2D eigenvalue weighted by Crippen LogP contribution is -2.17. The number of ether oxygens (including phenoxy) is 2. The predicted octanol–water partition coefficient (Wildman–Crippen LogP) is 2.10. The zero-order valence-electron chi connectivity index (χ0n) is 14.0. The number of H-pyrrole nitrogens is 1. The number of carbonyl (C=O) groups excluding carboxylic acids is 1. The molecule has 0 spiro atoms. The van der Waals surface area contributed by atoms with Gasteiger partial charge in [0.2, 0.25) is 5.43 Å². The van der Waals surface area contributed by atoms with Gasteiger partial charge < -0.3 is 9.47 Å². The SMILES string of the molecule is CCOC(=O)Nc1ccc(OCc2nn(-c3cn[nH]c3)ccc2=O)cc1. The van der Waals surface area contributed by atoms with Crippen molar-refractivity contribution in [2.24, 2.45) is 0 Å². The van der Waals surface area contributed by atoms with E-state index in [0.717, 1.165) is 0 Å². The number of aromatic nitrogens is 4. The first-order valence-electron chi connectivity index (χ1n) is 7.90. The topological polar surface area (TPSA) is 111 Å². The van der Waals surface area contributed by atoms with Crippen molar-refractivity contribution in [2.45, 2.75) is 13.5 Å². The second-order valence-electron chi connectivity index (χ2n) is 5.19. The fraction of sp³-hybridized carbons (Fsp3) is 0.176. The molecule has 0 unspecified atom stereocenters. The van der Waals surface area contributed by atoms with Gasteiger partial charge in [0.25, 0.3) is 0 Å². The van der Waals surface area contributed by atoms with Crippen LogP contribution in [0.25, 0.3) is 5.69 Å². The zero-order valence-corrected chi connectivity index (χ0v) is 14.0. The largest absolute Gasteiger partial charge is 0.487 e. The highest BCUT2D eigenvalue weighted by Gasteiger charge is 2.07. The average molecular weight is 355 g/mol. The van der Waals surface area contributed by atoms with Crippen LogP contribution in [-0.2, 0) is 11.3 Å². The first kappa shape index (κ1) is 17.2. The highest BCUT2D eigenvalue weighted by molar-refractivity contribution is 5.84. The Kier molecular flexibility index (Phi) is 5.28. The van der Waals surface area contributed by atoms with E-state index in [1.807, 2.05) is 0 Å². The van der Waals surface area contributed by atoms with Crippen molar-refractivity contribution in [3.05, 3.63) is 64.8 Å². The molecule has 2 aromatic heterocycles. The lowest BCUT2D eigenvalue weighted by atomic mass is 10.3. The van der Waals surface area contributed by atoms with Crippen LogP contribution >= 0.6 is 0 Å². The summed E-state index contributed by atoms with van der Waals surface area (Å²) in [6.07, 6.45) is 4.30. The molecule has 9 heteroatoms. The van der Waals surface area contributed by atoms with Gasteiger partial charge in [-0.3, -0.25) is 15.2 Å². The summed E-state index contributed by atoms with van der Waals surface area (Å²) in [5, 5.41) is 13.4. The predicted molar refractivity (Wildman–Crippen MR) is 93.4 cm³/mol. The molecule has 0 aliphatic rings. The summed E-state index contributed by atoms with van der Waals surface area (Å²) >= 11 is 0. The van der Waals surface area contributed by atoms with E-state index in [-0.39, 0.29) is 17.7 Å². The normalized spacial score (nSPS) is 10.3. The maximum absolute atomic E-state index is 12.0. The number of hydrogen-bond acceptors (Lipinski definition) is 6. The number of hydrogen-bond donors (Lipinski definition) is 2. The highest BCUT2D eigenvalue weighted by atomic mass is 16.5. The van der Waals surface area contributed by atoms with Crippen LogP contribution in [0.5, 0.6) is 5.75 Å². The molecule has 0 fully saturated rings. The van der Waals surface area contributed by atoms with Gasteiger partial charge in [0.1, 0.15) is 23.7 Å². The van der Waals surface area contributed by atoms with Crippen molar-refractivity contribution >= 4 is 11.8 Å². The number of nitrogens with zero attached hydrogens (tertiary/aromatic N) is 3. The van der Waals surface area contributed by atoms with Gasteiger partial charge in [0, 0.05) is 24.1 Å². The standard InChI is InChI=1S/C17H17N5O4/c1-2-25-17(24)20-12-3-5-14(6-4-12)26-11-15-16(23)7-8-22(21-15)13-9-18-19-10-13/h3-10H,2,11H2,1H3,(H,18,19)(H,20,24). The van der Waals surface area contributed by atoms with Crippen LogP contribution in [0.1, 0.15) is 12.6 Å². The van der Waals surface area contributed by atoms with Crippen molar-refractivity contribution in [2.75, 3.05) is 11.9 Å². The van der Waals surface area contributed by atoms with Crippen LogP contribution in [0.2, 0.25) is 0 Å². The number of nitrogens with one attached hydrogen (secondary N) is 2. The Hall–Kier alpha value is -3.62. The summed E-state index contributed by atoms with van der Waals surface area (Å²) in [7, 11) is 0. The Labute approximate surface area is 148 Å². The average Bonchev–Trinajstić information content (AvgIpc) is 3.17. The van der Waals surface area contributed by atoms with E-state index < -0.39 is 6.09 Å². The van der Waals surface area contributed by atoms with E-state index in [4.69, 9.17) is 9.47 Å². The minimum Gasteiger partial charge on any atom is -0.487 e. The quantitative estimate of drug-likeness (QED) is 0.700. The fourth-order valence-corrected chi connectivity index (χ4v) is 2.13. The number of rotatable bonds is 6. The Morgan fingerprint density at radius 3 is 2.77 bits per heavy atom. The van der Waals surface area contributed by atoms with Crippen LogP contribution < -0.4 is 15.5 Å². The number of aromatic amines is 1. The van der Waals surface area contributed by atoms with Gasteiger partial charge in [-0.15, -0.1) is 0 Å². The molecule has 0 atom stereocenters. The third kappa shape index (κ3) is 4.26. The van der Waals surface area contributed by atoms with E-state index in [1.54, 1.807) is 49.8 Å². The minimum absolute atomic E-state index is 0.0160. The summed E-state index contributed by atoms with van der Waals surface area (Å²) in [5.41, 5.74) is 1.34. The zero-order chi connectivity index (χ0) is 18.4. The Morgan fingerprint density at radius 2 is 2.08 bits per heavy atom. The molecule has 2 heterocycles. The van der Waals surface area contributed by atoms with Gasteiger partial charge in [0.05, 0.1) is 12.8 Å². The molecule has 3 rings (SSSR count). The lowest BCUT2D eigenvalue weighted by Gasteiger charge is -2.09. The molecule has 0 aliphatic heterocycles. The molecular formula is C17H17N5O4. The van der Waals surface area contributed by atoms with Crippen molar-refractivity contribution in [3.8, 4) is 11.4 Å². The maximum Gasteiger partial charge on any atom is 0.411 e. The molecule has 0 radical (unpaired) electrons. The van der Waals surface area contributed by atoms with Gasteiger partial charge >= 0.3 is 6.09 Å². The Morgan fingerprint density at radius 1 is 1.27 bits per heavy atom. The molecule has 2 N–H and O–H groups in total. The number of anilines is 1. The number of benzene rings is 1. The van der Waals surface area contributed by atoms with Gasteiger partial charge in [-0.1, -0.05) is 0 Å². The second-order valence-corrected chi connectivity index (χ2v) is 5.19. The van der Waals surface area contributed by atoms with Gasteiger partial charge in [-0.25, -0.2) is 9.48 Å². The molecule has 1 amide bonds. The van der Waals surface area contributed by atoms with Crippen LogP contribution in [0.15, 0.2) is 53.7 Å². The van der Waals surface area contributed by atoms with Crippen LogP contribution in [0.3, 0.4) is 0 Å². The van der Waals surface area contributed by atoms with Crippen molar-refractivity contribution < 1.29 is 14.3 Å². The smallest absolute Gasteiger partial charge is 0.411 e. The van der Waals surface area contributed by atoms with Gasteiger partial charge in [-0.2, -0.15) is 10.2 Å². The Bertz CT molecular complexity index is 919. The molecule has 0 aliphatic carbocycles. The highest BCUT2D eigenvalue weighted by Crippen LogP contribution is 2.16. The van der Waals surface area contributed by atoms with E-state index in [1.165, 1.54) is 10.7 Å². The van der Waals surface area contributed by atoms with E-state index in [2.05, 4.69) is 20.6 Å². The number of amides is 1. The summed E-state index contributed by atoms with van der Waals surface area (Å²) in [5.74, 6) is 0.541. The van der Waals surface area contributed by atoms with Gasteiger partial charge in [-0.05, 0) is 31.2 Å². The molecule has 0 saturated carbocycles. The summed E-state index contributed by atoms with van der Waals surface area (Å²) < 4.78 is 12.0. The first-order valence-corrected chi connectivity index (χ1v) is 7.90. The monoisotopic (exact) mass is 355 g/mol. The molecule has 134 valence electrons. The van der Waals surface area contributed by atoms with Crippen molar-refractivity contribution in [3.63, 3.8) is 0 Å². The maximum atomic E-state index is 12.0. The van der Waals surface area contributed by atoms with Crippen molar-refractivity contribution in [1.82, 2.24) is 20.0 Å². The van der Waals surface area contributed by atoms with Crippen LogP contribution in [-0.4, -0.2) is 32.7 Å². The summed E-state index contributed by atoms with van der Waals surface area (Å²) in [4.78, 5) is 23.3. The minimum atomic E-state index is -0.519. The lowest BCUT2D eigenvalue weighted by molar-refractivity contribution is 0.168. The molecular weight excluding hydrogens is 338 g/mol. The summed E-state index contributed by atoms with van der Waals surface area (Å²) in [6, 6.07) is 8.13. The first-order chi connectivity index (χ1) is 12.7. The molecule has 0 bridgehead atoms. The number of carbonyl (C=O) groups is 1. The molecule has 0 saturated heterocycles. The fourth-order valence-electron chi connectivity index (χ4n) is 2.13. The Balaban J connectivity index is 1.65. The van der Waals surface area contributed by atoms with E-state index in [0.29, 0.717) is 23.7 Å². The van der Waals surface area contributed by atoms with Crippen LogP contribution in [0, 0.1) is 0 Å². The van der Waals surface area contributed by atoms with Crippen molar-refractivity contribution in [1.29, 1.82) is 0 Å². The van der Waals surface area contributed by atoms with E-state index >= 15 is 0 Å². The second kappa shape index (κ2) is 7.97. The molecule has 3 aromatic rings. The third-order valence-corrected chi connectivity index (χ3v) is 3.38.